The number of nitrogens with zero attached hydrogens (tertiary/aromatic N) is 2. The summed E-state index contributed by atoms with van der Waals surface area (Å²) in [6.45, 7) is 3.08. The predicted molar refractivity (Wildman–Crippen MR) is 161 cm³/mol. The van der Waals surface area contributed by atoms with Crippen molar-refractivity contribution in [2.24, 2.45) is 0 Å². The van der Waals surface area contributed by atoms with Crippen LogP contribution in [0, 0.1) is 5.82 Å². The van der Waals surface area contributed by atoms with Gasteiger partial charge in [0.15, 0.2) is 0 Å². The molecular weight excluding hydrogens is 615 g/mol. The molecule has 0 saturated carbocycles. The molecule has 2 aliphatic heterocycles. The van der Waals surface area contributed by atoms with E-state index in [4.69, 9.17) is 9.47 Å². The second-order valence-corrected chi connectivity index (χ2v) is 14.9. The quantitative estimate of drug-likeness (QED) is 0.279. The summed E-state index contributed by atoms with van der Waals surface area (Å²) < 4.78 is 81.9. The van der Waals surface area contributed by atoms with E-state index in [0.717, 1.165) is 6.07 Å². The number of piperidine rings is 1. The molecule has 0 bridgehead atoms. The number of rotatable bonds is 11. The van der Waals surface area contributed by atoms with Gasteiger partial charge in [-0.15, -0.1) is 0 Å². The van der Waals surface area contributed by atoms with Gasteiger partial charge >= 0.3 is 0 Å². The van der Waals surface area contributed by atoms with E-state index in [0.29, 0.717) is 43.7 Å². The Morgan fingerprint density at radius 1 is 1.16 bits per heavy atom. The van der Waals surface area contributed by atoms with Crippen molar-refractivity contribution < 1.29 is 35.8 Å². The fourth-order valence-electron chi connectivity index (χ4n) is 5.78. The van der Waals surface area contributed by atoms with Crippen LogP contribution >= 0.6 is 0 Å². The number of aromatic nitrogens is 1. The smallest absolute Gasteiger partial charge is 0.248 e. The van der Waals surface area contributed by atoms with E-state index < -0.39 is 43.0 Å². The van der Waals surface area contributed by atoms with Crippen LogP contribution in [-0.2, 0) is 31.3 Å². The molecule has 3 N–H and O–H groups in total. The molecule has 2 fully saturated rings. The number of hydrogen-bond acceptors (Lipinski definition) is 9. The van der Waals surface area contributed by atoms with E-state index in [1.807, 2.05) is 0 Å². The normalized spacial score (nSPS) is 19.9. The third kappa shape index (κ3) is 6.68. The first-order valence-electron chi connectivity index (χ1n) is 14.4. The average molecular weight is 653 g/mol. The molecule has 3 aromatic rings. The third-order valence-electron chi connectivity index (χ3n) is 8.28. The summed E-state index contributed by atoms with van der Waals surface area (Å²) in [6.07, 6.45) is 1.95. The summed E-state index contributed by atoms with van der Waals surface area (Å²) in [5.74, 6) is -0.190. The molecule has 0 amide bonds. The number of nitrogens with one attached hydrogen (secondary N) is 2. The lowest BCUT2D eigenvalue weighted by molar-refractivity contribution is -0.0312. The summed E-state index contributed by atoms with van der Waals surface area (Å²) >= 11 is 0. The molecule has 2 atom stereocenters. The number of aliphatic hydroxyl groups excluding tert-OH is 1. The summed E-state index contributed by atoms with van der Waals surface area (Å²) in [5, 5.41) is 13.9. The van der Waals surface area contributed by atoms with Crippen LogP contribution in [0.15, 0.2) is 63.2 Å². The SMILES string of the molecule is CCn1cc(S(=O)(=O)N2CCC3(CC2)C[C@@H](NCC(O)COc2cccc(S(=O)(=O)NC)c2)CO3)c(=O)c2ccc(F)cc21. The minimum absolute atomic E-state index is 0.0506. The van der Waals surface area contributed by atoms with E-state index in [-0.39, 0.29) is 47.5 Å². The maximum Gasteiger partial charge on any atom is 0.248 e. The van der Waals surface area contributed by atoms with Gasteiger partial charge in [-0.05, 0) is 63.6 Å². The molecule has 1 spiro atoms. The Hall–Kier alpha value is -2.92. The van der Waals surface area contributed by atoms with Crippen molar-refractivity contribution in [3.8, 4) is 5.75 Å². The first-order chi connectivity index (χ1) is 20.9. The molecule has 2 aromatic carbocycles. The first-order valence-corrected chi connectivity index (χ1v) is 17.3. The Morgan fingerprint density at radius 2 is 1.91 bits per heavy atom. The second-order valence-electron chi connectivity index (χ2n) is 11.1. The minimum atomic E-state index is -4.10. The Labute approximate surface area is 255 Å². The van der Waals surface area contributed by atoms with Gasteiger partial charge in [0.05, 0.1) is 22.6 Å². The van der Waals surface area contributed by atoms with Gasteiger partial charge in [0.25, 0.3) is 0 Å². The van der Waals surface area contributed by atoms with Crippen LogP contribution in [0.2, 0.25) is 0 Å². The van der Waals surface area contributed by atoms with E-state index in [9.17, 15) is 31.1 Å². The van der Waals surface area contributed by atoms with Gasteiger partial charge in [0.2, 0.25) is 25.5 Å². The van der Waals surface area contributed by atoms with E-state index in [2.05, 4.69) is 10.0 Å². The fraction of sp³-hybridized carbons (Fsp3) is 0.483. The van der Waals surface area contributed by atoms with Crippen LogP contribution in [0.5, 0.6) is 5.75 Å². The van der Waals surface area contributed by atoms with E-state index >= 15 is 0 Å². The molecule has 0 radical (unpaired) electrons. The van der Waals surface area contributed by atoms with Crippen molar-refractivity contribution in [1.29, 1.82) is 0 Å². The zero-order valence-corrected chi connectivity index (χ0v) is 26.2. The molecule has 0 aliphatic carbocycles. The van der Waals surface area contributed by atoms with E-state index in [1.165, 1.54) is 41.8 Å². The van der Waals surface area contributed by atoms with Gasteiger partial charge in [-0.2, -0.15) is 4.31 Å². The van der Waals surface area contributed by atoms with Crippen LogP contribution in [-0.4, -0.2) is 88.5 Å². The minimum Gasteiger partial charge on any atom is -0.491 e. The van der Waals surface area contributed by atoms with Crippen molar-refractivity contribution in [2.45, 2.75) is 60.3 Å². The van der Waals surface area contributed by atoms with Crippen LogP contribution in [0.3, 0.4) is 0 Å². The van der Waals surface area contributed by atoms with Crippen molar-refractivity contribution in [1.82, 2.24) is 18.9 Å². The Morgan fingerprint density at radius 3 is 2.61 bits per heavy atom. The molecule has 240 valence electrons. The molecule has 1 aromatic heterocycles. The number of aliphatic hydroxyl groups is 1. The third-order valence-corrected chi connectivity index (χ3v) is 11.6. The topological polar surface area (TPSA) is 156 Å². The lowest BCUT2D eigenvalue weighted by atomic mass is 9.88. The highest BCUT2D eigenvalue weighted by Crippen LogP contribution is 2.37. The van der Waals surface area contributed by atoms with E-state index in [1.54, 1.807) is 23.6 Å². The van der Waals surface area contributed by atoms with Gasteiger partial charge in [-0.1, -0.05) is 6.07 Å². The zero-order valence-electron chi connectivity index (χ0n) is 24.5. The summed E-state index contributed by atoms with van der Waals surface area (Å²) in [5.41, 5.74) is -0.822. The molecule has 3 heterocycles. The lowest BCUT2D eigenvalue weighted by Crippen LogP contribution is -2.47. The Kier molecular flexibility index (Phi) is 9.47. The second kappa shape index (κ2) is 12.8. The van der Waals surface area contributed by atoms with Gasteiger partial charge in [-0.25, -0.2) is 25.9 Å². The average Bonchev–Trinajstić information content (AvgIpc) is 3.41. The van der Waals surface area contributed by atoms with Gasteiger partial charge in [0, 0.05) is 49.9 Å². The monoisotopic (exact) mass is 652 g/mol. The van der Waals surface area contributed by atoms with Crippen LogP contribution < -0.4 is 20.2 Å². The number of sulfonamides is 2. The Balaban J connectivity index is 1.15. The maximum atomic E-state index is 13.8. The lowest BCUT2D eigenvalue weighted by Gasteiger charge is -2.38. The van der Waals surface area contributed by atoms with Crippen molar-refractivity contribution in [3.05, 3.63) is 64.7 Å². The summed E-state index contributed by atoms with van der Waals surface area (Å²) in [4.78, 5) is 12.9. The number of fused-ring (bicyclic) bond motifs is 1. The van der Waals surface area contributed by atoms with Gasteiger partial charge in [0.1, 0.15) is 29.2 Å². The number of hydrogen-bond donors (Lipinski definition) is 3. The number of halogens is 1. The number of aryl methyl sites for hydroxylation is 1. The highest BCUT2D eigenvalue weighted by molar-refractivity contribution is 7.89. The molecule has 44 heavy (non-hydrogen) atoms. The summed E-state index contributed by atoms with van der Waals surface area (Å²) in [6, 6.07) is 9.63. The fourth-order valence-corrected chi connectivity index (χ4v) is 8.09. The molecular formula is C29H37FN4O8S2. The predicted octanol–water partition coefficient (Wildman–Crippen LogP) is 1.41. The Bertz CT molecular complexity index is 1790. The highest BCUT2D eigenvalue weighted by atomic mass is 32.2. The van der Waals surface area contributed by atoms with Crippen molar-refractivity contribution >= 4 is 30.9 Å². The molecule has 1 unspecified atom stereocenters. The molecule has 12 nitrogen and oxygen atoms in total. The van der Waals surface area contributed by atoms with Crippen LogP contribution in [0.25, 0.3) is 10.9 Å². The van der Waals surface area contributed by atoms with Crippen LogP contribution in [0.1, 0.15) is 26.2 Å². The van der Waals surface area contributed by atoms with Gasteiger partial charge in [-0.3, -0.25) is 4.79 Å². The number of ether oxygens (including phenoxy) is 2. The molecule has 2 saturated heterocycles. The summed E-state index contributed by atoms with van der Waals surface area (Å²) in [7, 11) is -6.39. The number of pyridine rings is 1. The highest BCUT2D eigenvalue weighted by Gasteiger charge is 2.45. The van der Waals surface area contributed by atoms with Crippen molar-refractivity contribution in [2.75, 3.05) is 39.9 Å². The molecule has 5 rings (SSSR count). The van der Waals surface area contributed by atoms with Gasteiger partial charge < -0.3 is 24.5 Å². The van der Waals surface area contributed by atoms with Crippen molar-refractivity contribution in [3.63, 3.8) is 0 Å². The molecule has 15 heteroatoms. The molecule has 2 aliphatic rings. The number of benzene rings is 2. The maximum absolute atomic E-state index is 13.8. The zero-order chi connectivity index (χ0) is 31.7. The largest absolute Gasteiger partial charge is 0.491 e. The standard InChI is InChI=1S/C29H37FN4O8S2/c1-3-33-17-27(28(36)25-8-7-20(30)13-26(25)33)44(39,40)34-11-9-29(10-12-34)15-21(18-42-29)32-16-22(35)19-41-23-5-4-6-24(14-23)43(37,38)31-2/h4-8,13-14,17,21-22,31-32,35H,3,9-12,15-16,18-19H2,1-2H3/t21-,22?/m1/s1. The first kappa shape index (κ1) is 32.5. The van der Waals surface area contributed by atoms with Crippen LogP contribution in [0.4, 0.5) is 4.39 Å².